The number of benzene rings is 1. The van der Waals surface area contributed by atoms with Crippen LogP contribution in [0.1, 0.15) is 39.9 Å². The van der Waals surface area contributed by atoms with Gasteiger partial charge in [-0.1, -0.05) is 24.1 Å². The van der Waals surface area contributed by atoms with Crippen molar-refractivity contribution in [1.29, 1.82) is 0 Å². The zero-order valence-corrected chi connectivity index (χ0v) is 17.9. The zero-order valence-electron chi connectivity index (χ0n) is 17.1. The highest BCUT2D eigenvalue weighted by Gasteiger charge is 2.27. The number of piperidine rings is 1. The molecule has 0 atom stereocenters. The van der Waals surface area contributed by atoms with Crippen LogP contribution in [-0.2, 0) is 4.74 Å². The molecule has 1 fully saturated rings. The SMILES string of the molecule is C#CCOC(=O)N1CCC(c2nc(C(=O)Nc3cc(C)nc4ccccc34)cs2)CC1. The highest BCUT2D eigenvalue weighted by atomic mass is 32.1. The van der Waals surface area contributed by atoms with Crippen molar-refractivity contribution in [3.63, 3.8) is 0 Å². The van der Waals surface area contributed by atoms with Gasteiger partial charge < -0.3 is 15.0 Å². The molecule has 1 aromatic carbocycles. The number of nitrogens with zero attached hydrogens (tertiary/aromatic N) is 3. The molecule has 7 nitrogen and oxygen atoms in total. The number of rotatable bonds is 4. The first-order valence-electron chi connectivity index (χ1n) is 10.0. The van der Waals surface area contributed by atoms with Crippen molar-refractivity contribution in [3.8, 4) is 12.3 Å². The van der Waals surface area contributed by atoms with Crippen molar-refractivity contribution in [2.24, 2.45) is 0 Å². The Morgan fingerprint density at radius 2 is 2.06 bits per heavy atom. The van der Waals surface area contributed by atoms with E-state index in [1.165, 1.54) is 11.3 Å². The quantitative estimate of drug-likeness (QED) is 0.622. The molecule has 1 aliphatic rings. The molecule has 0 aliphatic carbocycles. The topological polar surface area (TPSA) is 84.4 Å². The summed E-state index contributed by atoms with van der Waals surface area (Å²) < 4.78 is 4.98. The molecule has 0 bridgehead atoms. The first-order chi connectivity index (χ1) is 15.0. The lowest BCUT2D eigenvalue weighted by Crippen LogP contribution is -2.38. The number of para-hydroxylation sites is 1. The number of nitrogens with one attached hydrogen (secondary N) is 1. The van der Waals surface area contributed by atoms with Crippen LogP contribution in [0.15, 0.2) is 35.7 Å². The van der Waals surface area contributed by atoms with E-state index in [0.717, 1.165) is 40.1 Å². The smallest absolute Gasteiger partial charge is 0.410 e. The average molecular weight is 435 g/mol. The Bertz CT molecular complexity index is 1160. The van der Waals surface area contributed by atoms with Crippen molar-refractivity contribution in [2.75, 3.05) is 25.0 Å². The third kappa shape index (κ3) is 4.67. The van der Waals surface area contributed by atoms with Crippen LogP contribution in [0.25, 0.3) is 10.9 Å². The van der Waals surface area contributed by atoms with Crippen LogP contribution in [0, 0.1) is 19.3 Å². The van der Waals surface area contributed by atoms with E-state index in [4.69, 9.17) is 11.2 Å². The van der Waals surface area contributed by atoms with Crippen LogP contribution in [0.5, 0.6) is 0 Å². The van der Waals surface area contributed by atoms with Crippen molar-refractivity contribution >= 4 is 39.9 Å². The molecular weight excluding hydrogens is 412 g/mol. The molecule has 0 saturated carbocycles. The molecule has 0 unspecified atom stereocenters. The predicted octanol–water partition coefficient (Wildman–Crippen LogP) is 4.20. The fraction of sp³-hybridized carbons (Fsp3) is 0.304. The first kappa shape index (κ1) is 20.8. The van der Waals surface area contributed by atoms with Gasteiger partial charge >= 0.3 is 6.09 Å². The molecule has 1 saturated heterocycles. The van der Waals surface area contributed by atoms with Gasteiger partial charge in [-0.15, -0.1) is 17.8 Å². The zero-order chi connectivity index (χ0) is 21.8. The molecule has 0 radical (unpaired) electrons. The van der Waals surface area contributed by atoms with Crippen LogP contribution in [0.3, 0.4) is 0 Å². The van der Waals surface area contributed by atoms with Gasteiger partial charge in [-0.3, -0.25) is 9.78 Å². The number of anilines is 1. The minimum Gasteiger partial charge on any atom is -0.436 e. The van der Waals surface area contributed by atoms with Gasteiger partial charge in [-0.05, 0) is 31.9 Å². The van der Waals surface area contributed by atoms with E-state index in [0.29, 0.717) is 18.8 Å². The van der Waals surface area contributed by atoms with E-state index in [1.807, 2.05) is 37.3 Å². The maximum Gasteiger partial charge on any atom is 0.410 e. The second-order valence-corrected chi connectivity index (χ2v) is 8.26. The summed E-state index contributed by atoms with van der Waals surface area (Å²) in [5.41, 5.74) is 2.79. The van der Waals surface area contributed by atoms with Crippen molar-refractivity contribution in [2.45, 2.75) is 25.7 Å². The largest absolute Gasteiger partial charge is 0.436 e. The molecule has 1 N–H and O–H groups in total. The van der Waals surface area contributed by atoms with Gasteiger partial charge in [0.25, 0.3) is 5.91 Å². The monoisotopic (exact) mass is 434 g/mol. The standard InChI is InChI=1S/C23H22N4O3S/c1-3-12-30-23(29)27-10-8-16(9-11-27)22-26-20(14-31-22)21(28)25-19-13-15(2)24-18-7-5-4-6-17(18)19/h1,4-7,13-14,16H,8-12H2,2H3,(H,24,25,28). The molecule has 158 valence electrons. The summed E-state index contributed by atoms with van der Waals surface area (Å²) in [5.74, 6) is 2.27. The van der Waals surface area contributed by atoms with Gasteiger partial charge in [-0.2, -0.15) is 0 Å². The number of ether oxygens (including phenoxy) is 1. The van der Waals surface area contributed by atoms with Crippen LogP contribution in [-0.4, -0.2) is 46.6 Å². The maximum absolute atomic E-state index is 12.8. The Hall–Kier alpha value is -3.44. The maximum atomic E-state index is 12.8. The minimum atomic E-state index is -0.379. The summed E-state index contributed by atoms with van der Waals surface area (Å²) in [7, 11) is 0. The number of fused-ring (bicyclic) bond motifs is 1. The molecule has 3 aromatic rings. The van der Waals surface area contributed by atoms with Gasteiger partial charge in [0.2, 0.25) is 0 Å². The van der Waals surface area contributed by atoms with Crippen LogP contribution in [0.2, 0.25) is 0 Å². The number of aromatic nitrogens is 2. The third-order valence-corrected chi connectivity index (χ3v) is 6.24. The second kappa shape index (κ2) is 9.14. The Labute approximate surface area is 184 Å². The fourth-order valence-electron chi connectivity index (χ4n) is 3.68. The van der Waals surface area contributed by atoms with Crippen molar-refractivity contribution in [3.05, 3.63) is 52.1 Å². The van der Waals surface area contributed by atoms with Crippen molar-refractivity contribution in [1.82, 2.24) is 14.9 Å². The number of carbonyl (C=O) groups excluding carboxylic acids is 2. The number of aryl methyl sites for hydroxylation is 1. The van der Waals surface area contributed by atoms with Gasteiger partial charge in [0.15, 0.2) is 6.61 Å². The lowest BCUT2D eigenvalue weighted by Gasteiger charge is -2.30. The Morgan fingerprint density at radius 1 is 1.29 bits per heavy atom. The van der Waals surface area contributed by atoms with Crippen LogP contribution in [0.4, 0.5) is 10.5 Å². The fourth-order valence-corrected chi connectivity index (χ4v) is 4.65. The summed E-state index contributed by atoms with van der Waals surface area (Å²) in [5, 5.41) is 6.57. The van der Waals surface area contributed by atoms with E-state index in [9.17, 15) is 9.59 Å². The van der Waals surface area contributed by atoms with Gasteiger partial charge in [0.05, 0.1) is 16.2 Å². The molecule has 0 spiro atoms. The average Bonchev–Trinajstić information content (AvgIpc) is 3.28. The lowest BCUT2D eigenvalue weighted by molar-refractivity contribution is 0.102. The first-order valence-corrected chi connectivity index (χ1v) is 10.9. The van der Waals surface area contributed by atoms with Gasteiger partial charge in [0, 0.05) is 35.5 Å². The third-order valence-electron chi connectivity index (χ3n) is 5.23. The number of likely N-dealkylation sites (tertiary alicyclic amines) is 1. The summed E-state index contributed by atoms with van der Waals surface area (Å²) >= 11 is 1.48. The molecule has 2 amide bonds. The van der Waals surface area contributed by atoms with Gasteiger partial charge in [0.1, 0.15) is 5.69 Å². The number of carbonyl (C=O) groups is 2. The van der Waals surface area contributed by atoms with E-state index in [1.54, 1.807) is 10.3 Å². The molecule has 8 heteroatoms. The highest BCUT2D eigenvalue weighted by Crippen LogP contribution is 2.31. The molecule has 4 rings (SSSR count). The molecule has 1 aliphatic heterocycles. The van der Waals surface area contributed by atoms with Crippen molar-refractivity contribution < 1.29 is 14.3 Å². The number of pyridine rings is 1. The molecule has 2 aromatic heterocycles. The highest BCUT2D eigenvalue weighted by molar-refractivity contribution is 7.10. The Balaban J connectivity index is 1.41. The molecular formula is C23H22N4O3S. The van der Waals surface area contributed by atoms with Crippen LogP contribution < -0.4 is 5.32 Å². The normalized spacial score (nSPS) is 14.3. The second-order valence-electron chi connectivity index (χ2n) is 7.37. The summed E-state index contributed by atoms with van der Waals surface area (Å²) in [6, 6.07) is 9.57. The summed E-state index contributed by atoms with van der Waals surface area (Å²) in [6.07, 6.45) is 6.29. The molecule has 3 heterocycles. The Morgan fingerprint density at radius 3 is 2.84 bits per heavy atom. The van der Waals surface area contributed by atoms with Crippen LogP contribution >= 0.6 is 11.3 Å². The van der Waals surface area contributed by atoms with E-state index >= 15 is 0 Å². The number of hydrogen-bond acceptors (Lipinski definition) is 6. The van der Waals surface area contributed by atoms with E-state index in [-0.39, 0.29) is 24.5 Å². The number of thiazole rings is 1. The lowest BCUT2D eigenvalue weighted by atomic mass is 9.98. The molecule has 31 heavy (non-hydrogen) atoms. The van der Waals surface area contributed by atoms with E-state index < -0.39 is 0 Å². The number of amides is 2. The Kier molecular flexibility index (Phi) is 6.14. The number of terminal acetylenes is 1. The summed E-state index contributed by atoms with van der Waals surface area (Å²) in [4.78, 5) is 35.5. The van der Waals surface area contributed by atoms with E-state index in [2.05, 4.69) is 21.2 Å². The minimum absolute atomic E-state index is 0.0179. The predicted molar refractivity (Wildman–Crippen MR) is 120 cm³/mol. The number of hydrogen-bond donors (Lipinski definition) is 1. The summed E-state index contributed by atoms with van der Waals surface area (Å²) in [6.45, 7) is 3.04. The van der Waals surface area contributed by atoms with Gasteiger partial charge in [-0.25, -0.2) is 9.78 Å².